The molecule has 210 valence electrons. The van der Waals surface area contributed by atoms with Crippen LogP contribution in [0.15, 0.2) is 0 Å². The van der Waals surface area contributed by atoms with Crippen LogP contribution in [-0.4, -0.2) is 67.1 Å². The standard InChI is InChI=1S/C30H48O7/c1-14(2)9-16-5-4-6-17(10-16)20-7-8-22(32)26-21(20)12-18-11-19-13-23(33)24(15(3)31)28(35)30(19,37)29(36)25(18)27(26)34/h14,16-22,24-29,32,34-37H,4-13H2,1-3H3/t16?,17?,18-,19+,20?,21?,22?,24?,25?,26?,27?,28?,29?,30-/m1/s1. The minimum atomic E-state index is -2.02. The summed E-state index contributed by atoms with van der Waals surface area (Å²) in [6.45, 7) is 5.80. The molecule has 5 N–H and O–H groups in total. The molecule has 11 unspecified atom stereocenters. The Kier molecular flexibility index (Phi) is 7.69. The maximum absolute atomic E-state index is 12.8. The zero-order valence-electron chi connectivity index (χ0n) is 22.7. The highest BCUT2D eigenvalue weighted by atomic mass is 16.4. The van der Waals surface area contributed by atoms with E-state index in [1.807, 2.05) is 0 Å². The monoisotopic (exact) mass is 520 g/mol. The topological polar surface area (TPSA) is 135 Å². The second-order valence-electron chi connectivity index (χ2n) is 14.0. The largest absolute Gasteiger partial charge is 0.393 e. The molecule has 0 aromatic carbocycles. The summed E-state index contributed by atoms with van der Waals surface area (Å²) in [4.78, 5) is 24.9. The molecule has 7 nitrogen and oxygen atoms in total. The van der Waals surface area contributed by atoms with Gasteiger partial charge in [-0.1, -0.05) is 33.1 Å². The highest BCUT2D eigenvalue weighted by molar-refractivity contribution is 6.03. The number of aliphatic hydroxyl groups excluding tert-OH is 4. The first-order chi connectivity index (χ1) is 17.4. The molecule has 0 aromatic rings. The lowest BCUT2D eigenvalue weighted by Gasteiger charge is -2.61. The van der Waals surface area contributed by atoms with E-state index in [4.69, 9.17) is 0 Å². The molecule has 5 fully saturated rings. The average Bonchev–Trinajstić information content (AvgIpc) is 2.81. The van der Waals surface area contributed by atoms with Gasteiger partial charge in [0, 0.05) is 18.3 Å². The van der Waals surface area contributed by atoms with E-state index >= 15 is 0 Å². The van der Waals surface area contributed by atoms with E-state index in [1.54, 1.807) is 0 Å². The fourth-order valence-electron chi connectivity index (χ4n) is 10.1. The zero-order chi connectivity index (χ0) is 26.8. The minimum absolute atomic E-state index is 0.0478. The SMILES string of the molecule is CC(=O)C1C(=O)C[C@@H]2C[C@@H]3CC4C(C5CCCC(CC(C)C)C5)CCC(O)C4C(O)C3C(O)[C@]2(O)C1O. The number of carbonyl (C=O) groups excluding carboxylic acids is 2. The number of hydrogen-bond donors (Lipinski definition) is 5. The number of Topliss-reactive ketones (excluding diaryl/α,β-unsaturated/α-hetero) is 2. The van der Waals surface area contributed by atoms with Crippen molar-refractivity contribution in [2.45, 2.75) is 115 Å². The van der Waals surface area contributed by atoms with Gasteiger partial charge in [0.25, 0.3) is 0 Å². The lowest BCUT2D eigenvalue weighted by molar-refractivity contribution is -0.272. The number of ketones is 2. The van der Waals surface area contributed by atoms with Gasteiger partial charge in [0.05, 0.1) is 18.3 Å². The third kappa shape index (κ3) is 4.55. The van der Waals surface area contributed by atoms with Gasteiger partial charge in [0.1, 0.15) is 29.2 Å². The van der Waals surface area contributed by atoms with E-state index in [0.29, 0.717) is 30.6 Å². The van der Waals surface area contributed by atoms with Crippen molar-refractivity contribution < 1.29 is 35.1 Å². The minimum Gasteiger partial charge on any atom is -0.393 e. The molecular formula is C30H48O7. The van der Waals surface area contributed by atoms with Crippen LogP contribution < -0.4 is 0 Å². The number of rotatable bonds is 4. The predicted octanol–water partition coefficient (Wildman–Crippen LogP) is 2.49. The van der Waals surface area contributed by atoms with Crippen molar-refractivity contribution in [2.75, 3.05) is 0 Å². The molecule has 0 aliphatic heterocycles. The second-order valence-corrected chi connectivity index (χ2v) is 14.0. The Morgan fingerprint density at radius 3 is 2.32 bits per heavy atom. The van der Waals surface area contributed by atoms with Crippen LogP contribution in [0.2, 0.25) is 0 Å². The van der Waals surface area contributed by atoms with Crippen molar-refractivity contribution in [3.8, 4) is 0 Å². The Labute approximate surface area is 221 Å². The number of hydrogen-bond acceptors (Lipinski definition) is 7. The fraction of sp³-hybridized carbons (Fsp3) is 0.933. The summed E-state index contributed by atoms with van der Waals surface area (Å²) < 4.78 is 0. The van der Waals surface area contributed by atoms with Gasteiger partial charge in [-0.15, -0.1) is 0 Å². The molecule has 0 saturated heterocycles. The smallest absolute Gasteiger partial charge is 0.146 e. The maximum Gasteiger partial charge on any atom is 0.146 e. The van der Waals surface area contributed by atoms with Crippen molar-refractivity contribution >= 4 is 11.6 Å². The van der Waals surface area contributed by atoms with Crippen molar-refractivity contribution in [2.24, 2.45) is 59.2 Å². The lowest BCUT2D eigenvalue weighted by atomic mass is 9.47. The molecule has 5 aliphatic rings. The van der Waals surface area contributed by atoms with Gasteiger partial charge >= 0.3 is 0 Å². The third-order valence-corrected chi connectivity index (χ3v) is 11.5. The molecule has 0 spiro atoms. The highest BCUT2D eigenvalue weighted by Crippen LogP contribution is 2.59. The predicted molar refractivity (Wildman–Crippen MR) is 137 cm³/mol. The normalized spacial score (nSPS) is 52.2. The summed E-state index contributed by atoms with van der Waals surface area (Å²) in [5.74, 6) is -1.49. The van der Waals surface area contributed by atoms with Crippen molar-refractivity contribution in [1.82, 2.24) is 0 Å². The van der Waals surface area contributed by atoms with E-state index in [0.717, 1.165) is 18.8 Å². The molecule has 0 radical (unpaired) electrons. The fourth-order valence-corrected chi connectivity index (χ4v) is 10.1. The second kappa shape index (κ2) is 10.3. The first-order valence-electron chi connectivity index (χ1n) is 14.9. The summed E-state index contributed by atoms with van der Waals surface area (Å²) in [6.07, 6.45) is 4.09. The van der Waals surface area contributed by atoms with Gasteiger partial charge in [-0.2, -0.15) is 0 Å². The maximum atomic E-state index is 12.8. The van der Waals surface area contributed by atoms with Crippen LogP contribution in [0.4, 0.5) is 0 Å². The van der Waals surface area contributed by atoms with Crippen LogP contribution in [0.5, 0.6) is 0 Å². The van der Waals surface area contributed by atoms with Crippen molar-refractivity contribution in [3.05, 3.63) is 0 Å². The molecule has 5 saturated carbocycles. The van der Waals surface area contributed by atoms with E-state index in [9.17, 15) is 35.1 Å². The van der Waals surface area contributed by atoms with Gasteiger partial charge in [0.2, 0.25) is 0 Å². The summed E-state index contributed by atoms with van der Waals surface area (Å²) in [5, 5.41) is 57.0. The van der Waals surface area contributed by atoms with Crippen LogP contribution in [0, 0.1) is 59.2 Å². The van der Waals surface area contributed by atoms with E-state index in [2.05, 4.69) is 13.8 Å². The Hall–Kier alpha value is -0.860. The van der Waals surface area contributed by atoms with Crippen LogP contribution >= 0.6 is 0 Å². The quantitative estimate of drug-likeness (QED) is 0.359. The molecule has 0 aromatic heterocycles. The van der Waals surface area contributed by atoms with Gasteiger partial charge in [-0.05, 0) is 86.9 Å². The van der Waals surface area contributed by atoms with Crippen LogP contribution in [0.3, 0.4) is 0 Å². The molecule has 0 bridgehead atoms. The highest BCUT2D eigenvalue weighted by Gasteiger charge is 2.67. The Bertz CT molecular complexity index is 874. The summed E-state index contributed by atoms with van der Waals surface area (Å²) >= 11 is 0. The van der Waals surface area contributed by atoms with Crippen molar-refractivity contribution in [1.29, 1.82) is 0 Å². The number of carbonyl (C=O) groups is 2. The third-order valence-electron chi connectivity index (χ3n) is 11.5. The van der Waals surface area contributed by atoms with Gasteiger partial charge < -0.3 is 25.5 Å². The first-order valence-corrected chi connectivity index (χ1v) is 14.9. The summed E-state index contributed by atoms with van der Waals surface area (Å²) in [7, 11) is 0. The summed E-state index contributed by atoms with van der Waals surface area (Å²) in [6, 6.07) is 0. The Morgan fingerprint density at radius 2 is 1.65 bits per heavy atom. The molecule has 5 rings (SSSR count). The average molecular weight is 521 g/mol. The molecular weight excluding hydrogens is 472 g/mol. The van der Waals surface area contributed by atoms with Gasteiger partial charge in [0.15, 0.2) is 0 Å². The van der Waals surface area contributed by atoms with E-state index in [-0.39, 0.29) is 30.0 Å². The van der Waals surface area contributed by atoms with Crippen LogP contribution in [0.25, 0.3) is 0 Å². The molecule has 7 heteroatoms. The molecule has 37 heavy (non-hydrogen) atoms. The summed E-state index contributed by atoms with van der Waals surface area (Å²) in [5.41, 5.74) is -2.02. The lowest BCUT2D eigenvalue weighted by Crippen LogP contribution is -2.73. The Balaban J connectivity index is 1.41. The van der Waals surface area contributed by atoms with Crippen molar-refractivity contribution in [3.63, 3.8) is 0 Å². The van der Waals surface area contributed by atoms with Gasteiger partial charge in [-0.3, -0.25) is 9.59 Å². The molecule has 5 aliphatic carbocycles. The molecule has 0 amide bonds. The first kappa shape index (κ1) is 27.7. The van der Waals surface area contributed by atoms with Crippen LogP contribution in [0.1, 0.15) is 85.0 Å². The Morgan fingerprint density at radius 1 is 0.919 bits per heavy atom. The number of fused-ring (bicyclic) bond motifs is 3. The molecule has 14 atom stereocenters. The van der Waals surface area contributed by atoms with Gasteiger partial charge in [-0.25, -0.2) is 0 Å². The van der Waals surface area contributed by atoms with E-state index in [1.165, 1.54) is 39.0 Å². The van der Waals surface area contributed by atoms with Crippen LogP contribution in [-0.2, 0) is 9.59 Å². The number of aliphatic hydroxyl groups is 5. The zero-order valence-corrected chi connectivity index (χ0v) is 22.7. The molecule has 0 heterocycles. The van der Waals surface area contributed by atoms with E-state index < -0.39 is 53.6 Å².